The van der Waals surface area contributed by atoms with E-state index in [4.69, 9.17) is 10.6 Å². The van der Waals surface area contributed by atoms with Crippen LogP contribution in [0.4, 0.5) is 5.82 Å². The quantitative estimate of drug-likeness (QED) is 0.569. The average molecular weight is 266 g/mol. The summed E-state index contributed by atoms with van der Waals surface area (Å²) in [6, 6.07) is 3.47. The third kappa shape index (κ3) is 4.18. The van der Waals surface area contributed by atoms with Crippen LogP contribution < -0.4 is 11.3 Å². The Kier molecular flexibility index (Phi) is 6.24. The molecule has 0 saturated carbocycles. The van der Waals surface area contributed by atoms with Gasteiger partial charge in [0.25, 0.3) is 5.91 Å². The number of nitrogens with zero attached hydrogens (tertiary/aromatic N) is 2. The average Bonchev–Trinajstić information content (AvgIpc) is 2.47. The number of rotatable bonds is 7. The van der Waals surface area contributed by atoms with Gasteiger partial charge in [-0.05, 0) is 25.5 Å². The van der Waals surface area contributed by atoms with Crippen molar-refractivity contribution >= 4 is 11.7 Å². The van der Waals surface area contributed by atoms with Gasteiger partial charge in [0.2, 0.25) is 0 Å². The maximum atomic E-state index is 12.4. The number of methoxy groups -OCH3 is 1. The van der Waals surface area contributed by atoms with Gasteiger partial charge >= 0.3 is 0 Å². The van der Waals surface area contributed by atoms with Crippen molar-refractivity contribution < 1.29 is 9.53 Å². The highest BCUT2D eigenvalue weighted by atomic mass is 16.5. The van der Waals surface area contributed by atoms with Gasteiger partial charge < -0.3 is 15.1 Å². The molecule has 0 aromatic carbocycles. The first-order valence-corrected chi connectivity index (χ1v) is 6.42. The lowest BCUT2D eigenvalue weighted by Crippen LogP contribution is -2.34. The number of nitrogens with one attached hydrogen (secondary N) is 1. The Balaban J connectivity index is 2.96. The molecular formula is C13H22N4O2. The molecule has 1 heterocycles. The fourth-order valence-corrected chi connectivity index (χ4v) is 1.75. The Hall–Kier alpha value is -1.66. The first-order chi connectivity index (χ1) is 9.15. The molecule has 6 nitrogen and oxygen atoms in total. The number of hydrogen-bond donors (Lipinski definition) is 2. The number of ether oxygens (including phenoxy) is 1. The second-order valence-corrected chi connectivity index (χ2v) is 4.11. The number of likely N-dealkylation sites (N-methyl/N-ethyl adjacent to an activating group) is 1. The van der Waals surface area contributed by atoms with E-state index in [1.165, 1.54) is 0 Å². The maximum absolute atomic E-state index is 12.4. The summed E-state index contributed by atoms with van der Waals surface area (Å²) in [5, 5.41) is 0. The van der Waals surface area contributed by atoms with E-state index in [0.29, 0.717) is 31.1 Å². The van der Waals surface area contributed by atoms with E-state index in [-0.39, 0.29) is 5.91 Å². The number of amides is 1. The van der Waals surface area contributed by atoms with E-state index >= 15 is 0 Å². The summed E-state index contributed by atoms with van der Waals surface area (Å²) in [7, 11) is 1.62. The molecule has 0 aliphatic carbocycles. The maximum Gasteiger partial charge on any atom is 0.254 e. The standard InChI is InChI=1S/C13H22N4O2/c1-4-11-8-10(9-12(15-11)16-14)13(18)17(5-2)6-7-19-3/h8-9H,4-7,14H2,1-3H3,(H,15,16). The molecule has 0 fully saturated rings. The monoisotopic (exact) mass is 266 g/mol. The topological polar surface area (TPSA) is 80.5 Å². The SMILES string of the molecule is CCc1cc(C(=O)N(CC)CCOC)cc(NN)n1. The van der Waals surface area contributed by atoms with E-state index in [2.05, 4.69) is 10.4 Å². The van der Waals surface area contributed by atoms with Crippen LogP contribution in [-0.2, 0) is 11.2 Å². The van der Waals surface area contributed by atoms with Gasteiger partial charge in [0.15, 0.2) is 0 Å². The molecular weight excluding hydrogens is 244 g/mol. The van der Waals surface area contributed by atoms with E-state index in [0.717, 1.165) is 12.1 Å². The normalized spacial score (nSPS) is 10.3. The van der Waals surface area contributed by atoms with Crippen LogP contribution in [0.1, 0.15) is 29.9 Å². The zero-order chi connectivity index (χ0) is 14.3. The number of pyridine rings is 1. The molecule has 0 saturated heterocycles. The predicted molar refractivity (Wildman–Crippen MR) is 74.9 cm³/mol. The lowest BCUT2D eigenvalue weighted by Gasteiger charge is -2.21. The molecule has 1 amide bonds. The first-order valence-electron chi connectivity index (χ1n) is 6.42. The number of nitrogen functional groups attached to an aromatic ring is 1. The van der Waals surface area contributed by atoms with Crippen LogP contribution >= 0.6 is 0 Å². The molecule has 0 aliphatic heterocycles. The molecule has 19 heavy (non-hydrogen) atoms. The Morgan fingerprint density at radius 3 is 2.74 bits per heavy atom. The molecule has 0 spiro atoms. The fraction of sp³-hybridized carbons (Fsp3) is 0.538. The number of aromatic nitrogens is 1. The van der Waals surface area contributed by atoms with Crippen molar-refractivity contribution in [1.82, 2.24) is 9.88 Å². The molecule has 0 unspecified atom stereocenters. The van der Waals surface area contributed by atoms with Crippen molar-refractivity contribution in [1.29, 1.82) is 0 Å². The molecule has 6 heteroatoms. The summed E-state index contributed by atoms with van der Waals surface area (Å²) in [6.07, 6.45) is 0.750. The summed E-state index contributed by atoms with van der Waals surface area (Å²) in [4.78, 5) is 18.4. The first kappa shape index (κ1) is 15.4. The van der Waals surface area contributed by atoms with Gasteiger partial charge in [-0.25, -0.2) is 10.8 Å². The third-order valence-electron chi connectivity index (χ3n) is 2.87. The van der Waals surface area contributed by atoms with Crippen LogP contribution in [-0.4, -0.2) is 42.6 Å². The van der Waals surface area contributed by atoms with Gasteiger partial charge in [0.05, 0.1) is 6.61 Å². The third-order valence-corrected chi connectivity index (χ3v) is 2.87. The van der Waals surface area contributed by atoms with Crippen LogP contribution in [0.2, 0.25) is 0 Å². The lowest BCUT2D eigenvalue weighted by molar-refractivity contribution is 0.0706. The highest BCUT2D eigenvalue weighted by molar-refractivity contribution is 5.95. The van der Waals surface area contributed by atoms with Crippen molar-refractivity contribution in [2.45, 2.75) is 20.3 Å². The molecule has 1 aromatic heterocycles. The van der Waals surface area contributed by atoms with E-state index in [1.807, 2.05) is 13.8 Å². The highest BCUT2D eigenvalue weighted by Crippen LogP contribution is 2.13. The molecule has 106 valence electrons. The molecule has 0 bridgehead atoms. The summed E-state index contributed by atoms with van der Waals surface area (Å²) >= 11 is 0. The number of nitrogens with two attached hydrogens (primary N) is 1. The van der Waals surface area contributed by atoms with Crippen LogP contribution in [0.3, 0.4) is 0 Å². The molecule has 3 N–H and O–H groups in total. The van der Waals surface area contributed by atoms with E-state index in [1.54, 1.807) is 24.1 Å². The second kappa shape index (κ2) is 7.70. The second-order valence-electron chi connectivity index (χ2n) is 4.11. The van der Waals surface area contributed by atoms with Gasteiger partial charge in [-0.3, -0.25) is 4.79 Å². The number of carbonyl (C=O) groups is 1. The number of aryl methyl sites for hydroxylation is 1. The van der Waals surface area contributed by atoms with Crippen molar-refractivity contribution in [2.75, 3.05) is 32.2 Å². The Bertz CT molecular complexity index is 401. The van der Waals surface area contributed by atoms with Crippen molar-refractivity contribution in [3.8, 4) is 0 Å². The highest BCUT2D eigenvalue weighted by Gasteiger charge is 2.15. The minimum absolute atomic E-state index is 0.0341. The summed E-state index contributed by atoms with van der Waals surface area (Å²) < 4.78 is 5.01. The summed E-state index contributed by atoms with van der Waals surface area (Å²) in [5.41, 5.74) is 3.92. The number of hydrazine groups is 1. The minimum Gasteiger partial charge on any atom is -0.383 e. The number of anilines is 1. The smallest absolute Gasteiger partial charge is 0.254 e. The van der Waals surface area contributed by atoms with E-state index in [9.17, 15) is 4.79 Å². The van der Waals surface area contributed by atoms with Crippen LogP contribution in [0.5, 0.6) is 0 Å². The molecule has 0 radical (unpaired) electrons. The zero-order valence-corrected chi connectivity index (χ0v) is 11.8. The Labute approximate surface area is 113 Å². The number of hydrogen-bond acceptors (Lipinski definition) is 5. The van der Waals surface area contributed by atoms with Gasteiger partial charge in [0.1, 0.15) is 5.82 Å². The predicted octanol–water partition coefficient (Wildman–Crippen LogP) is 1.04. The minimum atomic E-state index is -0.0341. The largest absolute Gasteiger partial charge is 0.383 e. The molecule has 0 atom stereocenters. The van der Waals surface area contributed by atoms with Gasteiger partial charge in [0, 0.05) is 31.5 Å². The van der Waals surface area contributed by atoms with Crippen LogP contribution in [0.25, 0.3) is 0 Å². The fourth-order valence-electron chi connectivity index (χ4n) is 1.75. The summed E-state index contributed by atoms with van der Waals surface area (Å²) in [6.45, 7) is 5.66. The van der Waals surface area contributed by atoms with Crippen LogP contribution in [0, 0.1) is 0 Å². The number of carbonyl (C=O) groups excluding carboxylic acids is 1. The van der Waals surface area contributed by atoms with E-state index < -0.39 is 0 Å². The van der Waals surface area contributed by atoms with Crippen molar-refractivity contribution in [3.05, 3.63) is 23.4 Å². The zero-order valence-electron chi connectivity index (χ0n) is 11.8. The molecule has 0 aliphatic rings. The molecule has 1 rings (SSSR count). The van der Waals surface area contributed by atoms with Gasteiger partial charge in [-0.2, -0.15) is 0 Å². The van der Waals surface area contributed by atoms with Gasteiger partial charge in [-0.15, -0.1) is 0 Å². The Morgan fingerprint density at radius 1 is 1.47 bits per heavy atom. The lowest BCUT2D eigenvalue weighted by atomic mass is 10.1. The molecule has 1 aromatic rings. The van der Waals surface area contributed by atoms with Crippen molar-refractivity contribution in [3.63, 3.8) is 0 Å². The van der Waals surface area contributed by atoms with Crippen molar-refractivity contribution in [2.24, 2.45) is 5.84 Å². The van der Waals surface area contributed by atoms with Gasteiger partial charge in [-0.1, -0.05) is 6.92 Å². The Morgan fingerprint density at radius 2 is 2.21 bits per heavy atom. The van der Waals surface area contributed by atoms with Crippen LogP contribution in [0.15, 0.2) is 12.1 Å². The summed E-state index contributed by atoms with van der Waals surface area (Å²) in [5.74, 6) is 5.84.